The molecule has 1 rings (SSSR count). The van der Waals surface area contributed by atoms with Crippen LogP contribution in [0.15, 0.2) is 0 Å². The minimum absolute atomic E-state index is 0.0872. The molecular weight excluding hydrogens is 216 g/mol. The lowest BCUT2D eigenvalue weighted by atomic mass is 9.79. The fourth-order valence-corrected chi connectivity index (χ4v) is 2.37. The Morgan fingerprint density at radius 1 is 1.41 bits per heavy atom. The number of ether oxygens (including phenoxy) is 1. The van der Waals surface area contributed by atoms with E-state index in [1.165, 1.54) is 0 Å². The number of carbonyl (C=O) groups is 1. The lowest BCUT2D eigenvalue weighted by Crippen LogP contribution is -2.55. The second kappa shape index (κ2) is 4.84. The van der Waals surface area contributed by atoms with Crippen molar-refractivity contribution in [1.82, 2.24) is 10.2 Å². The van der Waals surface area contributed by atoms with Gasteiger partial charge in [-0.1, -0.05) is 13.8 Å². The maximum absolute atomic E-state index is 12.0. The standard InChI is InChI=1S/C13H26N2O2/c1-12(2,3)17-11(16)15-8-7-10(14-6)13(4,5)9-15/h10,14H,7-9H2,1-6H3/t10-/m0/s1. The summed E-state index contributed by atoms with van der Waals surface area (Å²) in [5.74, 6) is 0. The van der Waals surface area contributed by atoms with Gasteiger partial charge in [0.05, 0.1) is 0 Å². The summed E-state index contributed by atoms with van der Waals surface area (Å²) in [4.78, 5) is 13.8. The Balaban J connectivity index is 2.62. The second-order valence-corrected chi connectivity index (χ2v) is 6.52. The first kappa shape index (κ1) is 14.3. The van der Waals surface area contributed by atoms with Crippen molar-refractivity contribution in [2.45, 2.75) is 52.7 Å². The van der Waals surface area contributed by atoms with Crippen LogP contribution in [0.25, 0.3) is 0 Å². The molecule has 17 heavy (non-hydrogen) atoms. The van der Waals surface area contributed by atoms with Gasteiger partial charge in [-0.2, -0.15) is 0 Å². The third-order valence-electron chi connectivity index (χ3n) is 3.23. The topological polar surface area (TPSA) is 41.6 Å². The lowest BCUT2D eigenvalue weighted by molar-refractivity contribution is 0.00293. The number of carbonyl (C=O) groups excluding carboxylic acids is 1. The Kier molecular flexibility index (Phi) is 4.07. The first-order valence-corrected chi connectivity index (χ1v) is 6.31. The predicted octanol–water partition coefficient (Wildman–Crippen LogP) is 2.24. The van der Waals surface area contributed by atoms with E-state index in [0.29, 0.717) is 6.04 Å². The number of amides is 1. The SMILES string of the molecule is CN[C@H]1CCN(C(=O)OC(C)(C)C)CC1(C)C. The number of nitrogens with one attached hydrogen (secondary N) is 1. The van der Waals surface area contributed by atoms with Crippen LogP contribution in [0, 0.1) is 5.41 Å². The van der Waals surface area contributed by atoms with Crippen molar-refractivity contribution in [3.05, 3.63) is 0 Å². The number of hydrogen-bond acceptors (Lipinski definition) is 3. The number of piperidine rings is 1. The summed E-state index contributed by atoms with van der Waals surface area (Å²) in [5, 5.41) is 3.32. The van der Waals surface area contributed by atoms with E-state index < -0.39 is 5.60 Å². The molecule has 0 saturated carbocycles. The van der Waals surface area contributed by atoms with Gasteiger partial charge in [0.25, 0.3) is 0 Å². The van der Waals surface area contributed by atoms with Crippen LogP contribution >= 0.6 is 0 Å². The molecule has 1 atom stereocenters. The number of hydrogen-bond donors (Lipinski definition) is 1. The van der Waals surface area contributed by atoms with E-state index in [1.54, 1.807) is 0 Å². The van der Waals surface area contributed by atoms with Gasteiger partial charge in [-0.15, -0.1) is 0 Å². The summed E-state index contributed by atoms with van der Waals surface area (Å²) in [7, 11) is 1.98. The molecule has 0 aromatic rings. The molecule has 0 radical (unpaired) electrons. The molecule has 0 bridgehead atoms. The highest BCUT2D eigenvalue weighted by Gasteiger charge is 2.37. The zero-order chi connectivity index (χ0) is 13.3. The molecule has 4 heteroatoms. The lowest BCUT2D eigenvalue weighted by Gasteiger charge is -2.44. The molecule has 0 aromatic carbocycles. The second-order valence-electron chi connectivity index (χ2n) is 6.52. The van der Waals surface area contributed by atoms with Crippen molar-refractivity contribution >= 4 is 6.09 Å². The molecule has 0 aromatic heterocycles. The predicted molar refractivity (Wildman–Crippen MR) is 69.1 cm³/mol. The molecule has 1 saturated heterocycles. The number of likely N-dealkylation sites (tertiary alicyclic amines) is 1. The molecule has 0 spiro atoms. The van der Waals surface area contributed by atoms with Crippen molar-refractivity contribution in [2.24, 2.45) is 5.41 Å². The summed E-state index contributed by atoms with van der Waals surface area (Å²) < 4.78 is 5.41. The quantitative estimate of drug-likeness (QED) is 0.766. The van der Waals surface area contributed by atoms with E-state index in [4.69, 9.17) is 4.74 Å². The summed E-state index contributed by atoms with van der Waals surface area (Å²) >= 11 is 0. The Morgan fingerprint density at radius 3 is 2.41 bits per heavy atom. The van der Waals surface area contributed by atoms with Crippen molar-refractivity contribution in [3.63, 3.8) is 0 Å². The molecule has 4 nitrogen and oxygen atoms in total. The van der Waals surface area contributed by atoms with E-state index in [1.807, 2.05) is 32.7 Å². The molecule has 1 amide bonds. The smallest absolute Gasteiger partial charge is 0.410 e. The Labute approximate surface area is 105 Å². The normalized spacial score (nSPS) is 24.6. The highest BCUT2D eigenvalue weighted by molar-refractivity contribution is 5.68. The van der Waals surface area contributed by atoms with Crippen LogP contribution in [-0.4, -0.2) is 42.8 Å². The van der Waals surface area contributed by atoms with E-state index in [9.17, 15) is 4.79 Å². The maximum atomic E-state index is 12.0. The largest absolute Gasteiger partial charge is 0.444 e. The Morgan fingerprint density at radius 2 is 2.00 bits per heavy atom. The van der Waals surface area contributed by atoms with Gasteiger partial charge in [-0.05, 0) is 39.7 Å². The first-order chi connectivity index (χ1) is 7.65. The molecule has 0 unspecified atom stereocenters. The maximum Gasteiger partial charge on any atom is 0.410 e. The summed E-state index contributed by atoms with van der Waals surface area (Å²) in [6, 6.07) is 0.459. The molecular formula is C13H26N2O2. The van der Waals surface area contributed by atoms with Gasteiger partial charge >= 0.3 is 6.09 Å². The minimum atomic E-state index is -0.416. The number of nitrogens with zero attached hydrogens (tertiary/aromatic N) is 1. The van der Waals surface area contributed by atoms with E-state index >= 15 is 0 Å². The molecule has 1 heterocycles. The van der Waals surface area contributed by atoms with Crippen LogP contribution in [0.4, 0.5) is 4.79 Å². The van der Waals surface area contributed by atoms with Crippen LogP contribution < -0.4 is 5.32 Å². The van der Waals surface area contributed by atoms with Gasteiger partial charge in [-0.3, -0.25) is 0 Å². The van der Waals surface area contributed by atoms with Crippen molar-refractivity contribution in [3.8, 4) is 0 Å². The summed E-state index contributed by atoms with van der Waals surface area (Å²) in [6.07, 6.45) is 0.781. The average molecular weight is 242 g/mol. The van der Waals surface area contributed by atoms with Crippen LogP contribution in [0.3, 0.4) is 0 Å². The van der Waals surface area contributed by atoms with Crippen molar-refractivity contribution < 1.29 is 9.53 Å². The molecule has 100 valence electrons. The molecule has 1 fully saturated rings. The zero-order valence-corrected chi connectivity index (χ0v) is 12.0. The fourth-order valence-electron chi connectivity index (χ4n) is 2.37. The van der Waals surface area contributed by atoms with E-state index in [0.717, 1.165) is 19.5 Å². The first-order valence-electron chi connectivity index (χ1n) is 6.31. The van der Waals surface area contributed by atoms with Crippen LogP contribution in [0.2, 0.25) is 0 Å². The van der Waals surface area contributed by atoms with E-state index in [2.05, 4.69) is 19.2 Å². The number of rotatable bonds is 1. The van der Waals surface area contributed by atoms with Crippen molar-refractivity contribution in [1.29, 1.82) is 0 Å². The highest BCUT2D eigenvalue weighted by Crippen LogP contribution is 2.29. The van der Waals surface area contributed by atoms with Crippen LogP contribution in [0.5, 0.6) is 0 Å². The van der Waals surface area contributed by atoms with Gasteiger partial charge in [0.2, 0.25) is 0 Å². The highest BCUT2D eigenvalue weighted by atomic mass is 16.6. The Hall–Kier alpha value is -0.770. The van der Waals surface area contributed by atoms with Gasteiger partial charge < -0.3 is 15.0 Å². The zero-order valence-electron chi connectivity index (χ0n) is 12.0. The Bertz CT molecular complexity index is 282. The third kappa shape index (κ3) is 3.87. The van der Waals surface area contributed by atoms with E-state index in [-0.39, 0.29) is 11.5 Å². The molecule has 1 aliphatic rings. The van der Waals surface area contributed by atoms with Gasteiger partial charge in [-0.25, -0.2) is 4.79 Å². The molecule has 0 aliphatic carbocycles. The van der Waals surface area contributed by atoms with Crippen LogP contribution in [0.1, 0.15) is 41.0 Å². The molecule has 1 aliphatic heterocycles. The van der Waals surface area contributed by atoms with Gasteiger partial charge in [0, 0.05) is 19.1 Å². The van der Waals surface area contributed by atoms with Gasteiger partial charge in [0.15, 0.2) is 0 Å². The average Bonchev–Trinajstić information content (AvgIpc) is 2.13. The fraction of sp³-hybridized carbons (Fsp3) is 0.923. The minimum Gasteiger partial charge on any atom is -0.444 e. The summed E-state index contributed by atoms with van der Waals surface area (Å²) in [5.41, 5.74) is -0.328. The molecule has 1 N–H and O–H groups in total. The van der Waals surface area contributed by atoms with Gasteiger partial charge in [0.1, 0.15) is 5.60 Å². The summed E-state index contributed by atoms with van der Waals surface area (Å²) in [6.45, 7) is 11.6. The van der Waals surface area contributed by atoms with Crippen molar-refractivity contribution in [2.75, 3.05) is 20.1 Å². The third-order valence-corrected chi connectivity index (χ3v) is 3.23. The monoisotopic (exact) mass is 242 g/mol. The van der Waals surface area contributed by atoms with Crippen LogP contribution in [-0.2, 0) is 4.74 Å².